The molecule has 21 heavy (non-hydrogen) atoms. The third-order valence-electron chi connectivity index (χ3n) is 4.45. The van der Waals surface area contributed by atoms with Crippen LogP contribution in [0.1, 0.15) is 59.8 Å². The summed E-state index contributed by atoms with van der Waals surface area (Å²) in [6, 6.07) is 0.532. The van der Waals surface area contributed by atoms with Gasteiger partial charge in [0.1, 0.15) is 0 Å². The van der Waals surface area contributed by atoms with E-state index in [0.717, 1.165) is 19.4 Å². The monoisotopic (exact) mass is 300 g/mol. The molecule has 0 aliphatic rings. The molecule has 5 heteroatoms. The molecule has 0 aromatic carbocycles. The largest absolute Gasteiger partial charge is 0.481 e. The molecule has 0 radical (unpaired) electrons. The molecule has 0 fully saturated rings. The zero-order valence-electron chi connectivity index (χ0n) is 14.2. The fourth-order valence-corrected chi connectivity index (χ4v) is 2.22. The third kappa shape index (κ3) is 6.93. The highest BCUT2D eigenvalue weighted by molar-refractivity contribution is 5.84. The highest BCUT2D eigenvalue weighted by atomic mass is 16.4. The minimum Gasteiger partial charge on any atom is -0.481 e. The molecule has 0 bridgehead atoms. The molecule has 124 valence electrons. The topological polar surface area (TPSA) is 69.6 Å². The SMILES string of the molecule is CCC(CC)(CC(=O)NCCCCN(C)C(C)C)C(=O)O. The Morgan fingerprint density at radius 2 is 1.76 bits per heavy atom. The Balaban J connectivity index is 4.02. The molecular formula is C16H32N2O3. The minimum absolute atomic E-state index is 0.0707. The Kier molecular flexibility index (Phi) is 9.26. The number of carbonyl (C=O) groups is 2. The molecule has 2 N–H and O–H groups in total. The maximum absolute atomic E-state index is 11.9. The lowest BCUT2D eigenvalue weighted by atomic mass is 9.79. The van der Waals surface area contributed by atoms with Crippen LogP contribution in [0.25, 0.3) is 0 Å². The predicted octanol–water partition coefficient (Wildman–Crippen LogP) is 2.50. The summed E-state index contributed by atoms with van der Waals surface area (Å²) in [6.45, 7) is 9.59. The Morgan fingerprint density at radius 3 is 2.19 bits per heavy atom. The van der Waals surface area contributed by atoms with Crippen LogP contribution in [-0.2, 0) is 9.59 Å². The van der Waals surface area contributed by atoms with Gasteiger partial charge in [-0.25, -0.2) is 0 Å². The number of nitrogens with zero attached hydrogens (tertiary/aromatic N) is 1. The van der Waals surface area contributed by atoms with E-state index in [1.54, 1.807) is 0 Å². The Hall–Kier alpha value is -1.10. The van der Waals surface area contributed by atoms with Crippen molar-refractivity contribution in [2.75, 3.05) is 20.1 Å². The lowest BCUT2D eigenvalue weighted by Gasteiger charge is -2.25. The van der Waals surface area contributed by atoms with E-state index >= 15 is 0 Å². The van der Waals surface area contributed by atoms with Gasteiger partial charge < -0.3 is 15.3 Å². The van der Waals surface area contributed by atoms with E-state index in [1.807, 2.05) is 13.8 Å². The first-order chi connectivity index (χ1) is 9.79. The number of amides is 1. The molecule has 1 amide bonds. The average molecular weight is 300 g/mol. The number of nitrogens with one attached hydrogen (secondary N) is 1. The van der Waals surface area contributed by atoms with E-state index in [4.69, 9.17) is 0 Å². The third-order valence-corrected chi connectivity index (χ3v) is 4.45. The van der Waals surface area contributed by atoms with Gasteiger partial charge in [0.05, 0.1) is 5.41 Å². The first-order valence-electron chi connectivity index (χ1n) is 7.99. The maximum Gasteiger partial charge on any atom is 0.310 e. The van der Waals surface area contributed by atoms with Crippen molar-refractivity contribution in [2.45, 2.75) is 65.8 Å². The lowest BCUT2D eigenvalue weighted by Crippen LogP contribution is -2.37. The zero-order chi connectivity index (χ0) is 16.5. The van der Waals surface area contributed by atoms with Gasteiger partial charge in [-0.1, -0.05) is 13.8 Å². The fraction of sp³-hybridized carbons (Fsp3) is 0.875. The molecule has 0 aromatic heterocycles. The molecule has 0 saturated carbocycles. The Bertz CT molecular complexity index is 325. The molecule has 0 spiro atoms. The number of carboxylic acids is 1. The lowest BCUT2D eigenvalue weighted by molar-refractivity contribution is -0.152. The minimum atomic E-state index is -0.915. The molecule has 5 nitrogen and oxygen atoms in total. The molecule has 0 heterocycles. The van der Waals surface area contributed by atoms with Crippen LogP contribution in [0.3, 0.4) is 0 Å². The number of carbonyl (C=O) groups excluding carboxylic acids is 1. The van der Waals surface area contributed by atoms with Crippen LogP contribution in [-0.4, -0.2) is 48.1 Å². The molecule has 0 atom stereocenters. The van der Waals surface area contributed by atoms with Crippen LogP contribution in [0, 0.1) is 5.41 Å². The highest BCUT2D eigenvalue weighted by Gasteiger charge is 2.36. The number of carboxylic acid groups (broad SMARTS) is 1. The molecule has 0 aromatic rings. The van der Waals surface area contributed by atoms with Crippen molar-refractivity contribution in [3.8, 4) is 0 Å². The predicted molar refractivity (Wildman–Crippen MR) is 85.3 cm³/mol. The summed E-state index contributed by atoms with van der Waals surface area (Å²) in [4.78, 5) is 25.5. The average Bonchev–Trinajstić information content (AvgIpc) is 2.43. The molecule has 0 aliphatic carbocycles. The van der Waals surface area contributed by atoms with Crippen molar-refractivity contribution in [3.05, 3.63) is 0 Å². The summed E-state index contributed by atoms with van der Waals surface area (Å²) >= 11 is 0. The number of unbranched alkanes of at least 4 members (excludes halogenated alkanes) is 1. The standard InChI is InChI=1S/C16H32N2O3/c1-6-16(7-2,15(20)21)12-14(19)17-10-8-9-11-18(5)13(3)4/h13H,6-12H2,1-5H3,(H,17,19)(H,20,21). The summed E-state index contributed by atoms with van der Waals surface area (Å²) in [5.41, 5.74) is -0.915. The van der Waals surface area contributed by atoms with Crippen LogP contribution in [0.15, 0.2) is 0 Å². The summed E-state index contributed by atoms with van der Waals surface area (Å²) in [5, 5.41) is 12.2. The van der Waals surface area contributed by atoms with Crippen molar-refractivity contribution in [2.24, 2.45) is 5.41 Å². The fourth-order valence-electron chi connectivity index (χ4n) is 2.22. The van der Waals surface area contributed by atoms with E-state index in [2.05, 4.69) is 31.1 Å². The summed E-state index contributed by atoms with van der Waals surface area (Å²) in [5.74, 6) is -1.03. The van der Waals surface area contributed by atoms with Gasteiger partial charge >= 0.3 is 5.97 Å². The number of rotatable bonds is 11. The van der Waals surface area contributed by atoms with Crippen molar-refractivity contribution in [1.82, 2.24) is 10.2 Å². The molecule has 0 unspecified atom stereocenters. The van der Waals surface area contributed by atoms with E-state index in [9.17, 15) is 14.7 Å². The van der Waals surface area contributed by atoms with Gasteiger partial charge in [0, 0.05) is 19.0 Å². The normalized spacial score (nSPS) is 12.0. The number of aliphatic carboxylic acids is 1. The van der Waals surface area contributed by atoms with E-state index in [-0.39, 0.29) is 12.3 Å². The van der Waals surface area contributed by atoms with Gasteiger partial charge in [-0.15, -0.1) is 0 Å². The Labute approximate surface area is 129 Å². The molecule has 0 aliphatic heterocycles. The van der Waals surface area contributed by atoms with Gasteiger partial charge in [-0.05, 0) is 53.1 Å². The molecule has 0 saturated heterocycles. The van der Waals surface area contributed by atoms with Crippen molar-refractivity contribution in [1.29, 1.82) is 0 Å². The van der Waals surface area contributed by atoms with E-state index in [1.165, 1.54) is 0 Å². The molecular weight excluding hydrogens is 268 g/mol. The number of hydrogen-bond donors (Lipinski definition) is 2. The highest BCUT2D eigenvalue weighted by Crippen LogP contribution is 2.30. The summed E-state index contributed by atoms with van der Waals surface area (Å²) in [7, 11) is 2.09. The summed E-state index contributed by atoms with van der Waals surface area (Å²) in [6.07, 6.45) is 2.97. The second-order valence-electron chi connectivity index (χ2n) is 6.10. The number of hydrogen-bond acceptors (Lipinski definition) is 3. The zero-order valence-corrected chi connectivity index (χ0v) is 14.2. The maximum atomic E-state index is 11.9. The van der Waals surface area contributed by atoms with E-state index < -0.39 is 11.4 Å². The first kappa shape index (κ1) is 19.9. The van der Waals surface area contributed by atoms with Crippen LogP contribution < -0.4 is 5.32 Å². The molecule has 0 rings (SSSR count). The van der Waals surface area contributed by atoms with Gasteiger partial charge in [-0.3, -0.25) is 9.59 Å². The van der Waals surface area contributed by atoms with Crippen LogP contribution in [0.2, 0.25) is 0 Å². The second-order valence-corrected chi connectivity index (χ2v) is 6.10. The van der Waals surface area contributed by atoms with Gasteiger partial charge in [0.2, 0.25) is 5.91 Å². The Morgan fingerprint density at radius 1 is 1.19 bits per heavy atom. The smallest absolute Gasteiger partial charge is 0.310 e. The van der Waals surface area contributed by atoms with Gasteiger partial charge in [0.25, 0.3) is 0 Å². The van der Waals surface area contributed by atoms with Crippen molar-refractivity contribution < 1.29 is 14.7 Å². The van der Waals surface area contributed by atoms with Crippen LogP contribution >= 0.6 is 0 Å². The van der Waals surface area contributed by atoms with Crippen LogP contribution in [0.4, 0.5) is 0 Å². The van der Waals surface area contributed by atoms with Gasteiger partial charge in [0.15, 0.2) is 0 Å². The van der Waals surface area contributed by atoms with E-state index in [0.29, 0.717) is 25.4 Å². The second kappa shape index (κ2) is 9.77. The van der Waals surface area contributed by atoms with Crippen LogP contribution in [0.5, 0.6) is 0 Å². The van der Waals surface area contributed by atoms with Crippen molar-refractivity contribution >= 4 is 11.9 Å². The quantitative estimate of drug-likeness (QED) is 0.575. The van der Waals surface area contributed by atoms with Gasteiger partial charge in [-0.2, -0.15) is 0 Å². The summed E-state index contributed by atoms with van der Waals surface area (Å²) < 4.78 is 0. The first-order valence-corrected chi connectivity index (χ1v) is 7.99. The van der Waals surface area contributed by atoms with Crippen molar-refractivity contribution in [3.63, 3.8) is 0 Å².